The lowest BCUT2D eigenvalue weighted by atomic mass is 9.90. The van der Waals surface area contributed by atoms with Gasteiger partial charge in [0.15, 0.2) is 0 Å². The van der Waals surface area contributed by atoms with E-state index in [9.17, 15) is 0 Å². The van der Waals surface area contributed by atoms with E-state index in [4.69, 9.17) is 17.2 Å². The molecule has 0 fully saturated rings. The maximum absolute atomic E-state index is 5.47. The van der Waals surface area contributed by atoms with Crippen molar-refractivity contribution in [1.29, 1.82) is 0 Å². The molecule has 104 valence electrons. The molecule has 0 aliphatic carbocycles. The Morgan fingerprint density at radius 3 is 1.24 bits per heavy atom. The Kier molecular flexibility index (Phi) is 10.7. The van der Waals surface area contributed by atoms with E-state index in [-0.39, 0.29) is 5.41 Å². The molecule has 0 aromatic heterocycles. The molecule has 9 N–H and O–H groups in total. The van der Waals surface area contributed by atoms with Gasteiger partial charge in [-0.05, 0) is 0 Å². The summed E-state index contributed by atoms with van der Waals surface area (Å²) in [5.41, 5.74) is 16.6. The Balaban J connectivity index is 3.95. The minimum absolute atomic E-state index is 0.152. The summed E-state index contributed by atoms with van der Waals surface area (Å²) in [6.45, 7) is 9.59. The van der Waals surface area contributed by atoms with Crippen molar-refractivity contribution in [2.75, 3.05) is 58.9 Å². The van der Waals surface area contributed by atoms with Crippen molar-refractivity contribution in [2.24, 2.45) is 22.6 Å². The van der Waals surface area contributed by atoms with Gasteiger partial charge in [0, 0.05) is 64.3 Å². The molecule has 0 spiro atoms. The molecule has 0 aliphatic rings. The fourth-order valence-corrected chi connectivity index (χ4v) is 1.66. The van der Waals surface area contributed by atoms with Crippen molar-refractivity contribution in [3.05, 3.63) is 0 Å². The van der Waals surface area contributed by atoms with Crippen LogP contribution in [0.4, 0.5) is 0 Å². The molecular formula is C11H30N6. The smallest absolute Gasteiger partial charge is 0.00747 e. The van der Waals surface area contributed by atoms with Crippen molar-refractivity contribution in [3.63, 3.8) is 0 Å². The van der Waals surface area contributed by atoms with Crippen LogP contribution in [0.5, 0.6) is 0 Å². The van der Waals surface area contributed by atoms with Gasteiger partial charge in [-0.1, -0.05) is 6.92 Å². The average molecular weight is 246 g/mol. The lowest BCUT2D eigenvalue weighted by Crippen LogP contribution is -2.48. The summed E-state index contributed by atoms with van der Waals surface area (Å²) in [6, 6.07) is 0. The van der Waals surface area contributed by atoms with Gasteiger partial charge in [0.1, 0.15) is 0 Å². The van der Waals surface area contributed by atoms with Gasteiger partial charge in [-0.25, -0.2) is 0 Å². The predicted octanol–water partition coefficient (Wildman–Crippen LogP) is -2.36. The summed E-state index contributed by atoms with van der Waals surface area (Å²) in [4.78, 5) is 0. The lowest BCUT2D eigenvalue weighted by molar-refractivity contribution is 0.278. The highest BCUT2D eigenvalue weighted by Gasteiger charge is 2.22. The van der Waals surface area contributed by atoms with Crippen LogP contribution in [-0.4, -0.2) is 58.9 Å². The number of hydrogen-bond acceptors (Lipinski definition) is 6. The van der Waals surface area contributed by atoms with Gasteiger partial charge in [-0.3, -0.25) is 0 Å². The highest BCUT2D eigenvalue weighted by atomic mass is 15.0. The van der Waals surface area contributed by atoms with Gasteiger partial charge < -0.3 is 33.2 Å². The topological polar surface area (TPSA) is 114 Å². The molecule has 6 heteroatoms. The second-order valence-corrected chi connectivity index (χ2v) is 4.71. The van der Waals surface area contributed by atoms with Crippen LogP contribution < -0.4 is 33.2 Å². The number of rotatable bonds is 12. The fraction of sp³-hybridized carbons (Fsp3) is 1.00. The van der Waals surface area contributed by atoms with Crippen LogP contribution in [0.25, 0.3) is 0 Å². The molecule has 0 radical (unpaired) electrons. The van der Waals surface area contributed by atoms with E-state index in [1.807, 2.05) is 0 Å². The summed E-state index contributed by atoms with van der Waals surface area (Å²) in [5, 5.41) is 10.1. The molecule has 0 aromatic carbocycles. The van der Waals surface area contributed by atoms with E-state index in [0.717, 1.165) is 39.3 Å². The molecule has 0 unspecified atom stereocenters. The molecule has 6 nitrogen and oxygen atoms in total. The second kappa shape index (κ2) is 10.9. The first-order valence-corrected chi connectivity index (χ1v) is 6.41. The lowest BCUT2D eigenvalue weighted by Gasteiger charge is -2.31. The molecule has 0 heterocycles. The van der Waals surface area contributed by atoms with Gasteiger partial charge in [0.2, 0.25) is 0 Å². The molecule has 0 saturated carbocycles. The molecule has 0 saturated heterocycles. The third kappa shape index (κ3) is 9.46. The molecule has 0 aromatic rings. The summed E-state index contributed by atoms with van der Waals surface area (Å²) in [6.07, 6.45) is 0. The molecule has 0 atom stereocenters. The maximum atomic E-state index is 5.47. The average Bonchev–Trinajstić information content (AvgIpc) is 2.30. The van der Waals surface area contributed by atoms with Crippen molar-refractivity contribution in [1.82, 2.24) is 16.0 Å². The van der Waals surface area contributed by atoms with Crippen LogP contribution in [0.3, 0.4) is 0 Å². The third-order valence-corrected chi connectivity index (χ3v) is 2.62. The Labute approximate surface area is 105 Å². The van der Waals surface area contributed by atoms with Gasteiger partial charge in [0.05, 0.1) is 0 Å². The number of nitrogens with one attached hydrogen (secondary N) is 3. The van der Waals surface area contributed by atoms with Crippen LogP contribution in [0.1, 0.15) is 6.92 Å². The van der Waals surface area contributed by atoms with Crippen LogP contribution in [0, 0.1) is 5.41 Å². The molecule has 17 heavy (non-hydrogen) atoms. The Bertz CT molecular complexity index is 138. The van der Waals surface area contributed by atoms with Gasteiger partial charge >= 0.3 is 0 Å². The number of nitrogens with two attached hydrogens (primary N) is 3. The van der Waals surface area contributed by atoms with Crippen LogP contribution in [0.2, 0.25) is 0 Å². The van der Waals surface area contributed by atoms with E-state index < -0.39 is 0 Å². The van der Waals surface area contributed by atoms with Crippen molar-refractivity contribution in [2.45, 2.75) is 6.92 Å². The van der Waals surface area contributed by atoms with E-state index in [1.165, 1.54) is 0 Å². The third-order valence-electron chi connectivity index (χ3n) is 2.62. The highest BCUT2D eigenvalue weighted by Crippen LogP contribution is 2.12. The Hall–Kier alpha value is -0.240. The van der Waals surface area contributed by atoms with E-state index >= 15 is 0 Å². The standard InChI is InChI=1S/C11H30N6/c1-11(8-15-5-2-12,9-16-6-3-13)10-17-7-4-14/h15-17H,2-10,12-14H2,1H3. The monoisotopic (exact) mass is 246 g/mol. The predicted molar refractivity (Wildman–Crippen MR) is 73.9 cm³/mol. The normalized spacial score (nSPS) is 12.0. The summed E-state index contributed by atoms with van der Waals surface area (Å²) in [7, 11) is 0. The van der Waals surface area contributed by atoms with Crippen molar-refractivity contribution < 1.29 is 0 Å². The summed E-state index contributed by atoms with van der Waals surface area (Å²) < 4.78 is 0. The molecule has 0 rings (SSSR count). The zero-order valence-electron chi connectivity index (χ0n) is 11.1. The van der Waals surface area contributed by atoms with E-state index in [2.05, 4.69) is 22.9 Å². The van der Waals surface area contributed by atoms with Gasteiger partial charge in [-0.15, -0.1) is 0 Å². The van der Waals surface area contributed by atoms with Gasteiger partial charge in [-0.2, -0.15) is 0 Å². The van der Waals surface area contributed by atoms with Crippen LogP contribution in [0.15, 0.2) is 0 Å². The highest BCUT2D eigenvalue weighted by molar-refractivity contribution is 4.82. The summed E-state index contributed by atoms with van der Waals surface area (Å²) in [5.74, 6) is 0. The first kappa shape index (κ1) is 16.8. The quantitative estimate of drug-likeness (QED) is 0.215. The SMILES string of the molecule is CC(CNCCN)(CNCCN)CNCCN. The fourth-order valence-electron chi connectivity index (χ4n) is 1.66. The Morgan fingerprint density at radius 2 is 1.00 bits per heavy atom. The van der Waals surface area contributed by atoms with Crippen LogP contribution in [-0.2, 0) is 0 Å². The minimum atomic E-state index is 0.152. The minimum Gasteiger partial charge on any atom is -0.329 e. The number of hydrogen-bond donors (Lipinski definition) is 6. The molecule has 0 aliphatic heterocycles. The molecular weight excluding hydrogens is 216 g/mol. The van der Waals surface area contributed by atoms with E-state index in [0.29, 0.717) is 19.6 Å². The first-order valence-electron chi connectivity index (χ1n) is 6.41. The molecule has 0 bridgehead atoms. The zero-order chi connectivity index (χ0) is 13.0. The van der Waals surface area contributed by atoms with Gasteiger partial charge in [0.25, 0.3) is 0 Å². The zero-order valence-corrected chi connectivity index (χ0v) is 11.1. The maximum Gasteiger partial charge on any atom is 0.00747 e. The van der Waals surface area contributed by atoms with E-state index in [1.54, 1.807) is 0 Å². The Morgan fingerprint density at radius 1 is 0.706 bits per heavy atom. The largest absolute Gasteiger partial charge is 0.329 e. The van der Waals surface area contributed by atoms with Crippen molar-refractivity contribution >= 4 is 0 Å². The first-order chi connectivity index (χ1) is 8.18. The second-order valence-electron chi connectivity index (χ2n) is 4.71. The van der Waals surface area contributed by atoms with Crippen molar-refractivity contribution in [3.8, 4) is 0 Å². The summed E-state index contributed by atoms with van der Waals surface area (Å²) >= 11 is 0. The van der Waals surface area contributed by atoms with Crippen LogP contribution >= 0.6 is 0 Å². The molecule has 0 amide bonds.